The van der Waals surface area contributed by atoms with Crippen molar-refractivity contribution < 1.29 is 4.92 Å². The summed E-state index contributed by atoms with van der Waals surface area (Å²) in [4.78, 5) is 10.6. The summed E-state index contributed by atoms with van der Waals surface area (Å²) in [6.07, 6.45) is 2.17. The largest absolute Gasteiger partial charge is 0.259 e. The molecule has 92 valence electrons. The average molecular weight is 233 g/mol. The van der Waals surface area contributed by atoms with Gasteiger partial charge < -0.3 is 0 Å². The minimum Gasteiger partial charge on any atom is -0.259 e. The second kappa shape index (κ2) is 5.62. The lowest BCUT2D eigenvalue weighted by molar-refractivity contribution is -0.427. The lowest BCUT2D eigenvalue weighted by atomic mass is 10.0. The fraction of sp³-hybridized carbons (Fsp3) is 0.429. The molecule has 0 spiro atoms. The van der Waals surface area contributed by atoms with Gasteiger partial charge in [-0.3, -0.25) is 10.1 Å². The first-order valence-corrected chi connectivity index (χ1v) is 5.82. The number of hydrogen-bond acceptors (Lipinski definition) is 2. The third kappa shape index (κ3) is 4.02. The molecule has 0 fully saturated rings. The van der Waals surface area contributed by atoms with Gasteiger partial charge in [-0.15, -0.1) is 0 Å². The van der Waals surface area contributed by atoms with E-state index in [0.717, 1.165) is 11.1 Å². The van der Waals surface area contributed by atoms with Gasteiger partial charge in [0.05, 0.1) is 4.92 Å². The maximum absolute atomic E-state index is 10.9. The van der Waals surface area contributed by atoms with E-state index in [1.165, 1.54) is 5.56 Å². The Morgan fingerprint density at radius 3 is 2.47 bits per heavy atom. The Balaban J connectivity index is 3.04. The van der Waals surface area contributed by atoms with Crippen molar-refractivity contribution in [2.24, 2.45) is 5.92 Å². The van der Waals surface area contributed by atoms with Crippen molar-refractivity contribution in [3.8, 4) is 0 Å². The molecule has 0 unspecified atom stereocenters. The monoisotopic (exact) mass is 233 g/mol. The Bertz CT molecular complexity index is 448. The number of rotatable bonds is 4. The standard InChI is InChI=1S/C14H19NO2/c1-10(2)7-14(15(16)17)9-13-6-5-11(3)12(4)8-13/h5-6,8-10H,7H2,1-4H3. The van der Waals surface area contributed by atoms with Crippen LogP contribution in [0.3, 0.4) is 0 Å². The van der Waals surface area contributed by atoms with Gasteiger partial charge in [0.15, 0.2) is 0 Å². The van der Waals surface area contributed by atoms with Crippen molar-refractivity contribution in [2.75, 3.05) is 0 Å². The first-order valence-electron chi connectivity index (χ1n) is 5.82. The smallest absolute Gasteiger partial charge is 0.247 e. The van der Waals surface area contributed by atoms with Gasteiger partial charge >= 0.3 is 0 Å². The average Bonchev–Trinajstić information content (AvgIpc) is 2.21. The molecule has 0 aliphatic rings. The van der Waals surface area contributed by atoms with E-state index in [4.69, 9.17) is 0 Å². The Morgan fingerprint density at radius 2 is 2.00 bits per heavy atom. The van der Waals surface area contributed by atoms with Crippen molar-refractivity contribution in [3.63, 3.8) is 0 Å². The van der Waals surface area contributed by atoms with Gasteiger partial charge in [0.1, 0.15) is 0 Å². The predicted octanol–water partition coefficient (Wildman–Crippen LogP) is 3.97. The summed E-state index contributed by atoms with van der Waals surface area (Å²) in [6.45, 7) is 8.02. The third-order valence-corrected chi connectivity index (χ3v) is 2.72. The molecule has 0 aromatic heterocycles. The van der Waals surface area contributed by atoms with E-state index < -0.39 is 0 Å². The Kier molecular flexibility index (Phi) is 4.44. The fourth-order valence-electron chi connectivity index (χ4n) is 1.65. The number of nitro groups is 1. The van der Waals surface area contributed by atoms with Crippen molar-refractivity contribution in [3.05, 3.63) is 50.7 Å². The van der Waals surface area contributed by atoms with E-state index in [1.54, 1.807) is 6.08 Å². The first-order chi connectivity index (χ1) is 7.90. The van der Waals surface area contributed by atoms with Gasteiger partial charge in [0, 0.05) is 12.5 Å². The summed E-state index contributed by atoms with van der Waals surface area (Å²) in [5.74, 6) is 0.290. The molecule has 0 N–H and O–H groups in total. The second-order valence-electron chi connectivity index (χ2n) is 4.83. The molecule has 1 rings (SSSR count). The maximum Gasteiger partial charge on any atom is 0.247 e. The number of hydrogen-bond donors (Lipinski definition) is 0. The second-order valence-corrected chi connectivity index (χ2v) is 4.83. The van der Waals surface area contributed by atoms with E-state index in [2.05, 4.69) is 0 Å². The summed E-state index contributed by atoms with van der Waals surface area (Å²) >= 11 is 0. The molecule has 17 heavy (non-hydrogen) atoms. The minimum absolute atomic E-state index is 0.281. The molecular weight excluding hydrogens is 214 g/mol. The molecule has 3 nitrogen and oxygen atoms in total. The summed E-state index contributed by atoms with van der Waals surface area (Å²) in [7, 11) is 0. The quantitative estimate of drug-likeness (QED) is 0.583. The van der Waals surface area contributed by atoms with Gasteiger partial charge in [-0.05, 0) is 36.5 Å². The highest BCUT2D eigenvalue weighted by Crippen LogP contribution is 2.17. The van der Waals surface area contributed by atoms with Crippen molar-refractivity contribution >= 4 is 6.08 Å². The van der Waals surface area contributed by atoms with Crippen LogP contribution in [0.25, 0.3) is 6.08 Å². The summed E-state index contributed by atoms with van der Waals surface area (Å²) in [5.41, 5.74) is 3.54. The van der Waals surface area contributed by atoms with Crippen LogP contribution in [0.1, 0.15) is 37.0 Å². The van der Waals surface area contributed by atoms with Crippen LogP contribution in [0, 0.1) is 29.9 Å². The molecule has 0 heterocycles. The van der Waals surface area contributed by atoms with Gasteiger partial charge in [-0.1, -0.05) is 32.0 Å². The predicted molar refractivity (Wildman–Crippen MR) is 70.3 cm³/mol. The highest BCUT2D eigenvalue weighted by molar-refractivity contribution is 5.53. The van der Waals surface area contributed by atoms with Crippen molar-refractivity contribution in [1.82, 2.24) is 0 Å². The topological polar surface area (TPSA) is 43.1 Å². The van der Waals surface area contributed by atoms with E-state index in [-0.39, 0.29) is 16.5 Å². The lowest BCUT2D eigenvalue weighted by Crippen LogP contribution is -2.02. The van der Waals surface area contributed by atoms with Crippen LogP contribution in [-0.4, -0.2) is 4.92 Å². The molecule has 0 saturated carbocycles. The van der Waals surface area contributed by atoms with E-state index in [9.17, 15) is 10.1 Å². The Hall–Kier alpha value is -1.64. The van der Waals surface area contributed by atoms with Gasteiger partial charge in [0.2, 0.25) is 5.70 Å². The van der Waals surface area contributed by atoms with Crippen LogP contribution in [0.5, 0.6) is 0 Å². The van der Waals surface area contributed by atoms with Crippen LogP contribution < -0.4 is 0 Å². The van der Waals surface area contributed by atoms with Gasteiger partial charge in [-0.2, -0.15) is 0 Å². The third-order valence-electron chi connectivity index (χ3n) is 2.72. The molecule has 1 aromatic rings. The SMILES string of the molecule is Cc1ccc(C=C(CC(C)C)[N+](=O)[O-])cc1C. The Morgan fingerprint density at radius 1 is 1.35 bits per heavy atom. The highest BCUT2D eigenvalue weighted by atomic mass is 16.6. The molecule has 3 heteroatoms. The molecule has 0 aliphatic carbocycles. The van der Waals surface area contributed by atoms with Crippen LogP contribution >= 0.6 is 0 Å². The zero-order chi connectivity index (χ0) is 13.0. The number of allylic oxidation sites excluding steroid dienone is 1. The summed E-state index contributed by atoms with van der Waals surface area (Å²) in [5, 5.41) is 10.9. The fourth-order valence-corrected chi connectivity index (χ4v) is 1.65. The molecule has 1 aromatic carbocycles. The molecule has 0 radical (unpaired) electrons. The van der Waals surface area contributed by atoms with Crippen LogP contribution in [0.4, 0.5) is 0 Å². The zero-order valence-corrected chi connectivity index (χ0v) is 10.9. The maximum atomic E-state index is 10.9. The van der Waals surface area contributed by atoms with Crippen molar-refractivity contribution in [2.45, 2.75) is 34.1 Å². The molecule has 0 bridgehead atoms. The molecule has 0 aliphatic heterocycles. The molecular formula is C14H19NO2. The number of nitrogens with zero attached hydrogens (tertiary/aromatic N) is 1. The van der Waals surface area contributed by atoms with E-state index in [1.807, 2.05) is 45.9 Å². The Labute approximate surface area is 102 Å². The van der Waals surface area contributed by atoms with Crippen molar-refractivity contribution in [1.29, 1.82) is 0 Å². The normalized spacial score (nSPS) is 11.9. The number of aryl methyl sites for hydroxylation is 2. The lowest BCUT2D eigenvalue weighted by Gasteiger charge is -2.04. The van der Waals surface area contributed by atoms with Crippen LogP contribution in [-0.2, 0) is 0 Å². The van der Waals surface area contributed by atoms with Crippen LogP contribution in [0.15, 0.2) is 23.9 Å². The molecule has 0 saturated heterocycles. The molecule has 0 atom stereocenters. The summed E-state index contributed by atoms with van der Waals surface area (Å²) in [6, 6.07) is 5.90. The highest BCUT2D eigenvalue weighted by Gasteiger charge is 2.12. The summed E-state index contributed by atoms with van der Waals surface area (Å²) < 4.78 is 0. The van der Waals surface area contributed by atoms with Gasteiger partial charge in [0.25, 0.3) is 0 Å². The van der Waals surface area contributed by atoms with E-state index >= 15 is 0 Å². The number of benzene rings is 1. The minimum atomic E-state index is -0.283. The van der Waals surface area contributed by atoms with Crippen LogP contribution in [0.2, 0.25) is 0 Å². The van der Waals surface area contributed by atoms with E-state index in [0.29, 0.717) is 6.42 Å². The zero-order valence-electron chi connectivity index (χ0n) is 10.9. The van der Waals surface area contributed by atoms with Gasteiger partial charge in [-0.25, -0.2) is 0 Å². The first kappa shape index (κ1) is 13.4. The molecule has 0 amide bonds.